The van der Waals surface area contributed by atoms with E-state index in [1.54, 1.807) is 17.0 Å². The number of amides is 1. The molecule has 0 fully saturated rings. The number of hydrogen-bond acceptors (Lipinski definition) is 2. The maximum absolute atomic E-state index is 11.9. The van der Waals surface area contributed by atoms with E-state index in [1.807, 2.05) is 67.7 Å². The van der Waals surface area contributed by atoms with E-state index in [4.69, 9.17) is 0 Å². The van der Waals surface area contributed by atoms with Crippen LogP contribution in [0, 0.1) is 6.92 Å². The van der Waals surface area contributed by atoms with Crippen molar-refractivity contribution in [1.29, 1.82) is 0 Å². The normalized spacial score (nSPS) is 10.8. The monoisotopic (exact) mass is 303 g/mol. The Morgan fingerprint density at radius 3 is 2.57 bits per heavy atom. The molecule has 3 aromatic rings. The van der Waals surface area contributed by atoms with Crippen LogP contribution in [0.5, 0.6) is 0 Å². The second-order valence-electron chi connectivity index (χ2n) is 5.24. The highest BCUT2D eigenvalue weighted by atomic mass is 16.1. The Kier molecular flexibility index (Phi) is 4.34. The van der Waals surface area contributed by atoms with Crippen LogP contribution in [-0.2, 0) is 4.79 Å². The molecule has 0 bridgehead atoms. The molecule has 0 unspecified atom stereocenters. The van der Waals surface area contributed by atoms with E-state index in [9.17, 15) is 4.79 Å². The molecule has 0 atom stereocenters. The number of rotatable bonds is 4. The number of para-hydroxylation sites is 1. The third kappa shape index (κ3) is 3.95. The average Bonchev–Trinajstić information content (AvgIpc) is 3.05. The highest BCUT2D eigenvalue weighted by molar-refractivity contribution is 6.01. The van der Waals surface area contributed by atoms with Crippen LogP contribution in [0.25, 0.3) is 11.8 Å². The summed E-state index contributed by atoms with van der Waals surface area (Å²) >= 11 is 0. The number of nitrogens with zero attached hydrogens (tertiary/aromatic N) is 2. The Morgan fingerprint density at radius 2 is 1.83 bits per heavy atom. The number of nitrogens with one attached hydrogen (secondary N) is 1. The highest BCUT2D eigenvalue weighted by Gasteiger charge is 2.00. The van der Waals surface area contributed by atoms with Gasteiger partial charge in [-0.05, 0) is 37.3 Å². The molecule has 1 aromatic heterocycles. The molecule has 23 heavy (non-hydrogen) atoms. The Balaban J connectivity index is 1.65. The summed E-state index contributed by atoms with van der Waals surface area (Å²) < 4.78 is 1.78. The van der Waals surface area contributed by atoms with E-state index in [-0.39, 0.29) is 5.91 Å². The Labute approximate surface area is 135 Å². The van der Waals surface area contributed by atoms with Crippen LogP contribution < -0.4 is 5.32 Å². The van der Waals surface area contributed by atoms with E-state index in [0.717, 1.165) is 22.5 Å². The fourth-order valence-electron chi connectivity index (χ4n) is 2.14. The fraction of sp³-hybridized carbons (Fsp3) is 0.0526. The zero-order chi connectivity index (χ0) is 16.1. The molecule has 1 N–H and O–H groups in total. The molecule has 4 nitrogen and oxygen atoms in total. The first-order valence-electron chi connectivity index (χ1n) is 7.36. The van der Waals surface area contributed by atoms with Crippen molar-refractivity contribution in [3.05, 3.63) is 84.2 Å². The van der Waals surface area contributed by atoms with Gasteiger partial charge in [-0.2, -0.15) is 5.10 Å². The van der Waals surface area contributed by atoms with Gasteiger partial charge in [0.2, 0.25) is 5.91 Å². The minimum absolute atomic E-state index is 0.165. The summed E-state index contributed by atoms with van der Waals surface area (Å²) in [5.74, 6) is -0.165. The highest BCUT2D eigenvalue weighted by Crippen LogP contribution is 2.10. The average molecular weight is 303 g/mol. The minimum Gasteiger partial charge on any atom is -0.323 e. The van der Waals surface area contributed by atoms with Crippen LogP contribution in [-0.4, -0.2) is 15.7 Å². The van der Waals surface area contributed by atoms with Gasteiger partial charge < -0.3 is 5.32 Å². The predicted molar refractivity (Wildman–Crippen MR) is 92.4 cm³/mol. The van der Waals surface area contributed by atoms with Gasteiger partial charge in [-0.15, -0.1) is 0 Å². The molecule has 114 valence electrons. The van der Waals surface area contributed by atoms with Crippen LogP contribution in [0.1, 0.15) is 11.1 Å². The molecule has 0 spiro atoms. The second-order valence-corrected chi connectivity index (χ2v) is 5.24. The molecule has 0 saturated carbocycles. The molecule has 0 radical (unpaired) electrons. The maximum Gasteiger partial charge on any atom is 0.248 e. The minimum atomic E-state index is -0.165. The van der Waals surface area contributed by atoms with Crippen LogP contribution in [0.4, 0.5) is 5.69 Å². The standard InChI is InChI=1S/C19H17N3O/c1-15-7-10-17(11-8-15)21-19(23)12-9-16-13-20-22(14-16)18-5-3-2-4-6-18/h2-14H,1H3,(H,21,23)/b12-9+. The van der Waals surface area contributed by atoms with Gasteiger partial charge in [0.05, 0.1) is 11.9 Å². The first-order valence-corrected chi connectivity index (χ1v) is 7.36. The van der Waals surface area contributed by atoms with E-state index in [2.05, 4.69) is 10.4 Å². The fourth-order valence-corrected chi connectivity index (χ4v) is 2.14. The summed E-state index contributed by atoms with van der Waals surface area (Å²) in [5.41, 5.74) is 3.79. The Bertz CT molecular complexity index is 817. The molecule has 1 amide bonds. The second kappa shape index (κ2) is 6.75. The quantitative estimate of drug-likeness (QED) is 0.745. The van der Waals surface area contributed by atoms with E-state index in [1.165, 1.54) is 6.08 Å². The van der Waals surface area contributed by atoms with Gasteiger partial charge in [0, 0.05) is 23.5 Å². The SMILES string of the molecule is Cc1ccc(NC(=O)/C=C/c2cnn(-c3ccccc3)c2)cc1. The molecule has 4 heteroatoms. The van der Waals surface area contributed by atoms with Gasteiger partial charge in [-0.25, -0.2) is 4.68 Å². The lowest BCUT2D eigenvalue weighted by molar-refractivity contribution is -0.111. The van der Waals surface area contributed by atoms with Crippen molar-refractivity contribution in [3.8, 4) is 5.69 Å². The topological polar surface area (TPSA) is 46.9 Å². The zero-order valence-corrected chi connectivity index (χ0v) is 12.8. The van der Waals surface area contributed by atoms with Crippen molar-refractivity contribution in [2.45, 2.75) is 6.92 Å². The first-order chi connectivity index (χ1) is 11.2. The predicted octanol–water partition coefficient (Wildman–Crippen LogP) is 3.83. The molecule has 1 heterocycles. The maximum atomic E-state index is 11.9. The third-order valence-electron chi connectivity index (χ3n) is 3.37. The van der Waals surface area contributed by atoms with Crippen LogP contribution in [0.2, 0.25) is 0 Å². The Morgan fingerprint density at radius 1 is 1.09 bits per heavy atom. The van der Waals surface area contributed by atoms with Gasteiger partial charge in [0.25, 0.3) is 0 Å². The van der Waals surface area contributed by atoms with Crippen molar-refractivity contribution >= 4 is 17.7 Å². The molecule has 0 aliphatic carbocycles. The van der Waals surface area contributed by atoms with Crippen LogP contribution in [0.15, 0.2) is 73.1 Å². The zero-order valence-electron chi connectivity index (χ0n) is 12.8. The first kappa shape index (κ1) is 14.8. The van der Waals surface area contributed by atoms with Crippen molar-refractivity contribution in [1.82, 2.24) is 9.78 Å². The van der Waals surface area contributed by atoms with Crippen molar-refractivity contribution < 1.29 is 4.79 Å². The van der Waals surface area contributed by atoms with Crippen molar-refractivity contribution in [3.63, 3.8) is 0 Å². The summed E-state index contributed by atoms with van der Waals surface area (Å²) in [6.07, 6.45) is 6.86. The lowest BCUT2D eigenvalue weighted by Crippen LogP contribution is -2.07. The van der Waals surface area contributed by atoms with Crippen molar-refractivity contribution in [2.75, 3.05) is 5.32 Å². The smallest absolute Gasteiger partial charge is 0.248 e. The summed E-state index contributed by atoms with van der Waals surface area (Å²) in [5, 5.41) is 7.12. The molecular weight excluding hydrogens is 286 g/mol. The lowest BCUT2D eigenvalue weighted by Gasteiger charge is -2.01. The number of carbonyl (C=O) groups is 1. The number of aryl methyl sites for hydroxylation is 1. The van der Waals surface area contributed by atoms with Gasteiger partial charge in [-0.1, -0.05) is 35.9 Å². The van der Waals surface area contributed by atoms with Crippen molar-refractivity contribution in [2.24, 2.45) is 0 Å². The number of aromatic nitrogens is 2. The third-order valence-corrected chi connectivity index (χ3v) is 3.37. The molecular formula is C19H17N3O. The molecule has 0 aliphatic rings. The van der Waals surface area contributed by atoms with Gasteiger partial charge in [0.15, 0.2) is 0 Å². The van der Waals surface area contributed by atoms with E-state index in [0.29, 0.717) is 0 Å². The van der Waals surface area contributed by atoms with Gasteiger partial charge in [-0.3, -0.25) is 4.79 Å². The summed E-state index contributed by atoms with van der Waals surface area (Å²) in [6.45, 7) is 2.01. The molecule has 2 aromatic carbocycles. The molecule has 0 aliphatic heterocycles. The van der Waals surface area contributed by atoms with Crippen LogP contribution in [0.3, 0.4) is 0 Å². The lowest BCUT2D eigenvalue weighted by atomic mass is 10.2. The summed E-state index contributed by atoms with van der Waals surface area (Å²) in [4.78, 5) is 11.9. The Hall–Kier alpha value is -3.14. The summed E-state index contributed by atoms with van der Waals surface area (Å²) in [7, 11) is 0. The van der Waals surface area contributed by atoms with E-state index >= 15 is 0 Å². The van der Waals surface area contributed by atoms with Crippen LogP contribution >= 0.6 is 0 Å². The van der Waals surface area contributed by atoms with E-state index < -0.39 is 0 Å². The number of benzene rings is 2. The molecule has 0 saturated heterocycles. The van der Waals surface area contributed by atoms with Gasteiger partial charge in [0.1, 0.15) is 0 Å². The van der Waals surface area contributed by atoms with Gasteiger partial charge >= 0.3 is 0 Å². The summed E-state index contributed by atoms with van der Waals surface area (Å²) in [6, 6.07) is 17.5. The molecule has 3 rings (SSSR count). The largest absolute Gasteiger partial charge is 0.323 e. The number of carbonyl (C=O) groups excluding carboxylic acids is 1. The number of anilines is 1. The number of hydrogen-bond donors (Lipinski definition) is 1.